The van der Waals surface area contributed by atoms with Crippen LogP contribution >= 0.6 is 0 Å². The first-order chi connectivity index (χ1) is 12.5. The smallest absolute Gasteiger partial charge is 0.337 e. The zero-order chi connectivity index (χ0) is 18.3. The van der Waals surface area contributed by atoms with Gasteiger partial charge in [-0.1, -0.05) is 50.2 Å². The molecule has 132 valence electrons. The van der Waals surface area contributed by atoms with E-state index in [0.29, 0.717) is 18.8 Å². The Bertz CT molecular complexity index is 933. The predicted octanol–water partition coefficient (Wildman–Crippen LogP) is 4.63. The van der Waals surface area contributed by atoms with Crippen molar-refractivity contribution in [2.24, 2.45) is 0 Å². The van der Waals surface area contributed by atoms with E-state index >= 15 is 0 Å². The average molecular weight is 346 g/mol. The lowest BCUT2D eigenvalue weighted by Gasteiger charge is -2.29. The third-order valence-corrected chi connectivity index (χ3v) is 5.33. The number of fused-ring (bicyclic) bond motifs is 2. The SMILES string of the molecule is COC(=O)c1ccc2c(c1)C(C)(C)C1=C2COC/C1=C\c1ccccc1. The monoisotopic (exact) mass is 346 g/mol. The Balaban J connectivity index is 1.84. The van der Waals surface area contributed by atoms with E-state index in [4.69, 9.17) is 9.47 Å². The molecule has 1 aliphatic heterocycles. The molecule has 2 aromatic rings. The molecule has 4 rings (SSSR count). The molecule has 0 atom stereocenters. The van der Waals surface area contributed by atoms with E-state index in [1.54, 1.807) is 0 Å². The van der Waals surface area contributed by atoms with Gasteiger partial charge in [-0.3, -0.25) is 0 Å². The second-order valence-corrected chi connectivity index (χ2v) is 7.30. The molecule has 0 amide bonds. The largest absolute Gasteiger partial charge is 0.465 e. The van der Waals surface area contributed by atoms with Crippen LogP contribution in [0.25, 0.3) is 11.6 Å². The van der Waals surface area contributed by atoms with Crippen molar-refractivity contribution in [1.29, 1.82) is 0 Å². The minimum atomic E-state index is -0.301. The van der Waals surface area contributed by atoms with Crippen LogP contribution in [-0.2, 0) is 14.9 Å². The second kappa shape index (κ2) is 6.26. The molecular weight excluding hydrogens is 324 g/mol. The number of carbonyl (C=O) groups is 1. The van der Waals surface area contributed by atoms with Crippen molar-refractivity contribution in [3.05, 3.63) is 81.9 Å². The van der Waals surface area contributed by atoms with Crippen molar-refractivity contribution in [2.45, 2.75) is 19.3 Å². The summed E-state index contributed by atoms with van der Waals surface area (Å²) in [4.78, 5) is 12.0. The van der Waals surface area contributed by atoms with Gasteiger partial charge in [0.25, 0.3) is 0 Å². The zero-order valence-electron chi connectivity index (χ0n) is 15.3. The lowest BCUT2D eigenvalue weighted by Crippen LogP contribution is -2.23. The third-order valence-electron chi connectivity index (χ3n) is 5.33. The van der Waals surface area contributed by atoms with E-state index in [1.807, 2.05) is 36.4 Å². The first-order valence-electron chi connectivity index (χ1n) is 8.83. The summed E-state index contributed by atoms with van der Waals surface area (Å²) in [5.41, 5.74) is 7.68. The van der Waals surface area contributed by atoms with E-state index in [1.165, 1.54) is 35.0 Å². The van der Waals surface area contributed by atoms with Crippen LogP contribution in [0.5, 0.6) is 0 Å². The van der Waals surface area contributed by atoms with Gasteiger partial charge in [-0.05, 0) is 51.6 Å². The molecule has 2 aliphatic rings. The van der Waals surface area contributed by atoms with E-state index in [-0.39, 0.29) is 11.4 Å². The van der Waals surface area contributed by atoms with E-state index in [9.17, 15) is 4.79 Å². The highest BCUT2D eigenvalue weighted by Gasteiger charge is 2.41. The second-order valence-electron chi connectivity index (χ2n) is 7.30. The highest BCUT2D eigenvalue weighted by molar-refractivity contribution is 5.93. The predicted molar refractivity (Wildman–Crippen MR) is 103 cm³/mol. The van der Waals surface area contributed by atoms with Gasteiger partial charge in [0.15, 0.2) is 0 Å². The Morgan fingerprint density at radius 3 is 2.62 bits per heavy atom. The third kappa shape index (κ3) is 2.60. The van der Waals surface area contributed by atoms with Crippen LogP contribution in [0.2, 0.25) is 0 Å². The fourth-order valence-electron chi connectivity index (χ4n) is 4.16. The molecule has 0 bridgehead atoms. The van der Waals surface area contributed by atoms with E-state index in [0.717, 1.165) is 5.56 Å². The molecule has 2 aromatic carbocycles. The minimum absolute atomic E-state index is 0.181. The van der Waals surface area contributed by atoms with Crippen LogP contribution in [0.4, 0.5) is 0 Å². The topological polar surface area (TPSA) is 35.5 Å². The van der Waals surface area contributed by atoms with E-state index < -0.39 is 0 Å². The van der Waals surface area contributed by atoms with E-state index in [2.05, 4.69) is 32.1 Å². The number of esters is 1. The summed E-state index contributed by atoms with van der Waals surface area (Å²) in [6, 6.07) is 16.2. The maximum Gasteiger partial charge on any atom is 0.337 e. The van der Waals surface area contributed by atoms with Crippen LogP contribution in [0.15, 0.2) is 59.7 Å². The quantitative estimate of drug-likeness (QED) is 0.744. The summed E-state index contributed by atoms with van der Waals surface area (Å²) < 4.78 is 10.8. The fraction of sp³-hybridized carbons (Fsp3) is 0.261. The first-order valence-corrected chi connectivity index (χ1v) is 8.83. The Morgan fingerprint density at radius 2 is 1.88 bits per heavy atom. The maximum atomic E-state index is 12.0. The summed E-state index contributed by atoms with van der Waals surface area (Å²) in [6.45, 7) is 5.66. The summed E-state index contributed by atoms with van der Waals surface area (Å²) in [7, 11) is 1.42. The molecule has 0 spiro atoms. The number of benzene rings is 2. The highest BCUT2D eigenvalue weighted by Crippen LogP contribution is 2.51. The molecule has 0 N–H and O–H groups in total. The standard InChI is InChI=1S/C23H22O3/c1-23(2)20-12-16(22(24)25-3)9-10-18(20)19-14-26-13-17(21(19)23)11-15-7-5-4-6-8-15/h4-12H,13-14H2,1-3H3/b17-11+. The number of ether oxygens (including phenoxy) is 2. The first kappa shape index (κ1) is 16.8. The van der Waals surface area contributed by atoms with Gasteiger partial charge < -0.3 is 9.47 Å². The van der Waals surface area contributed by atoms with Gasteiger partial charge in [-0.15, -0.1) is 0 Å². The maximum absolute atomic E-state index is 12.0. The zero-order valence-corrected chi connectivity index (χ0v) is 15.3. The lowest BCUT2D eigenvalue weighted by molar-refractivity contribution is 0.0600. The molecule has 3 nitrogen and oxygen atoms in total. The van der Waals surface area contributed by atoms with Gasteiger partial charge in [-0.25, -0.2) is 4.79 Å². The van der Waals surface area contributed by atoms with Gasteiger partial charge in [0.05, 0.1) is 25.9 Å². The summed E-state index contributed by atoms with van der Waals surface area (Å²) in [5.74, 6) is -0.301. The molecule has 3 heteroatoms. The van der Waals surface area contributed by atoms with Gasteiger partial charge in [0.2, 0.25) is 0 Å². The van der Waals surface area contributed by atoms with Gasteiger partial charge >= 0.3 is 5.97 Å². The molecule has 1 aliphatic carbocycles. The molecule has 0 saturated heterocycles. The van der Waals surface area contributed by atoms with Crippen molar-refractivity contribution in [3.63, 3.8) is 0 Å². The molecule has 0 radical (unpaired) electrons. The molecule has 26 heavy (non-hydrogen) atoms. The van der Waals surface area contributed by atoms with Crippen LogP contribution < -0.4 is 0 Å². The van der Waals surface area contributed by atoms with Gasteiger partial charge in [0, 0.05) is 5.41 Å². The number of hydrogen-bond acceptors (Lipinski definition) is 3. The normalized spacial score (nSPS) is 19.3. The Kier molecular flexibility index (Phi) is 4.04. The Morgan fingerprint density at radius 1 is 1.12 bits per heavy atom. The average Bonchev–Trinajstić information content (AvgIpc) is 2.90. The molecule has 0 aromatic heterocycles. The van der Waals surface area contributed by atoms with Crippen LogP contribution in [0.1, 0.15) is 40.9 Å². The number of methoxy groups -OCH3 is 1. The minimum Gasteiger partial charge on any atom is -0.465 e. The molecule has 0 saturated carbocycles. The number of rotatable bonds is 2. The van der Waals surface area contributed by atoms with Crippen molar-refractivity contribution in [1.82, 2.24) is 0 Å². The van der Waals surface area contributed by atoms with Crippen molar-refractivity contribution >= 4 is 17.6 Å². The van der Waals surface area contributed by atoms with Crippen molar-refractivity contribution in [3.8, 4) is 0 Å². The Hall–Kier alpha value is -2.65. The van der Waals surface area contributed by atoms with Crippen LogP contribution in [-0.4, -0.2) is 26.3 Å². The van der Waals surface area contributed by atoms with Crippen LogP contribution in [0, 0.1) is 0 Å². The van der Waals surface area contributed by atoms with Crippen molar-refractivity contribution < 1.29 is 14.3 Å². The number of hydrogen-bond donors (Lipinski definition) is 0. The molecular formula is C23H22O3. The van der Waals surface area contributed by atoms with Crippen LogP contribution in [0.3, 0.4) is 0 Å². The van der Waals surface area contributed by atoms with Gasteiger partial charge in [-0.2, -0.15) is 0 Å². The fourth-order valence-corrected chi connectivity index (χ4v) is 4.16. The van der Waals surface area contributed by atoms with Crippen molar-refractivity contribution in [2.75, 3.05) is 20.3 Å². The summed E-state index contributed by atoms with van der Waals surface area (Å²) >= 11 is 0. The molecule has 0 unspecified atom stereocenters. The molecule has 1 heterocycles. The highest BCUT2D eigenvalue weighted by atomic mass is 16.5. The summed E-state index contributed by atoms with van der Waals surface area (Å²) in [6.07, 6.45) is 2.21. The summed E-state index contributed by atoms with van der Waals surface area (Å²) in [5, 5.41) is 0. The Labute approximate surface area is 154 Å². The number of carbonyl (C=O) groups excluding carboxylic acids is 1. The van der Waals surface area contributed by atoms with Gasteiger partial charge in [0.1, 0.15) is 0 Å². The lowest BCUT2D eigenvalue weighted by atomic mass is 9.77. The molecule has 0 fully saturated rings.